The summed E-state index contributed by atoms with van der Waals surface area (Å²) in [5.74, 6) is 0. The number of aryl methyl sites for hydroxylation is 1. The van der Waals surface area contributed by atoms with E-state index in [0.29, 0.717) is 26.1 Å². The highest BCUT2D eigenvalue weighted by molar-refractivity contribution is 5.26. The molecule has 0 spiro atoms. The lowest BCUT2D eigenvalue weighted by Crippen LogP contribution is -2.33. The minimum atomic E-state index is -0.661. The van der Waals surface area contributed by atoms with Crippen molar-refractivity contribution in [1.82, 2.24) is 0 Å². The van der Waals surface area contributed by atoms with Crippen LogP contribution in [0.5, 0.6) is 0 Å². The van der Waals surface area contributed by atoms with Gasteiger partial charge in [-0.1, -0.05) is 29.8 Å². The maximum atomic E-state index is 10.4. The number of rotatable bonds is 1. The molecule has 1 N–H and O–H groups in total. The molecule has 1 heterocycles. The molecule has 14 heavy (non-hydrogen) atoms. The fourth-order valence-electron chi connectivity index (χ4n) is 1.86. The van der Waals surface area contributed by atoms with Crippen molar-refractivity contribution in [3.8, 4) is 0 Å². The van der Waals surface area contributed by atoms with Crippen molar-refractivity contribution in [2.24, 2.45) is 0 Å². The van der Waals surface area contributed by atoms with E-state index in [4.69, 9.17) is 4.74 Å². The number of ether oxygens (including phenoxy) is 1. The summed E-state index contributed by atoms with van der Waals surface area (Å²) in [5.41, 5.74) is 1.59. The van der Waals surface area contributed by atoms with Gasteiger partial charge < -0.3 is 9.84 Å². The highest BCUT2D eigenvalue weighted by atomic mass is 16.5. The molecular formula is C12H16O2. The Morgan fingerprint density at radius 1 is 1.14 bits per heavy atom. The number of hydrogen-bond donors (Lipinski definition) is 1. The van der Waals surface area contributed by atoms with Gasteiger partial charge in [-0.25, -0.2) is 0 Å². The van der Waals surface area contributed by atoms with E-state index in [1.807, 2.05) is 24.3 Å². The largest absolute Gasteiger partial charge is 0.385 e. The number of aliphatic hydroxyl groups is 1. The SMILES string of the molecule is Cc1ccc(C2(O)CCOCC2)cc1. The van der Waals surface area contributed by atoms with Gasteiger partial charge in [-0.2, -0.15) is 0 Å². The van der Waals surface area contributed by atoms with Gasteiger partial charge >= 0.3 is 0 Å². The molecule has 0 aromatic heterocycles. The molecule has 2 rings (SSSR count). The summed E-state index contributed by atoms with van der Waals surface area (Å²) in [6.45, 7) is 3.37. The van der Waals surface area contributed by atoms with Crippen LogP contribution < -0.4 is 0 Å². The van der Waals surface area contributed by atoms with Gasteiger partial charge in [0.25, 0.3) is 0 Å². The van der Waals surface area contributed by atoms with Gasteiger partial charge in [-0.3, -0.25) is 0 Å². The first-order valence-electron chi connectivity index (χ1n) is 5.08. The van der Waals surface area contributed by atoms with Crippen molar-refractivity contribution in [3.63, 3.8) is 0 Å². The minimum Gasteiger partial charge on any atom is -0.385 e. The zero-order valence-electron chi connectivity index (χ0n) is 8.49. The quantitative estimate of drug-likeness (QED) is 0.737. The highest BCUT2D eigenvalue weighted by Gasteiger charge is 2.31. The van der Waals surface area contributed by atoms with Crippen molar-refractivity contribution in [3.05, 3.63) is 35.4 Å². The van der Waals surface area contributed by atoms with E-state index in [2.05, 4.69) is 6.92 Å². The van der Waals surface area contributed by atoms with Crippen molar-refractivity contribution in [1.29, 1.82) is 0 Å². The van der Waals surface area contributed by atoms with E-state index < -0.39 is 5.60 Å². The molecule has 0 amide bonds. The lowest BCUT2D eigenvalue weighted by molar-refractivity contribution is -0.0679. The Bertz CT molecular complexity index is 297. The van der Waals surface area contributed by atoms with Gasteiger partial charge in [0.15, 0.2) is 0 Å². The van der Waals surface area contributed by atoms with Crippen LogP contribution in [-0.2, 0) is 10.3 Å². The van der Waals surface area contributed by atoms with Gasteiger partial charge in [0.05, 0.1) is 5.60 Å². The molecule has 0 saturated carbocycles. The standard InChI is InChI=1S/C12H16O2/c1-10-2-4-11(5-3-10)12(13)6-8-14-9-7-12/h2-5,13H,6-9H2,1H3. The fourth-order valence-corrected chi connectivity index (χ4v) is 1.86. The third kappa shape index (κ3) is 1.81. The van der Waals surface area contributed by atoms with Crippen molar-refractivity contribution in [2.75, 3.05) is 13.2 Å². The predicted octanol–water partition coefficient (Wildman–Crippen LogP) is 1.99. The summed E-state index contributed by atoms with van der Waals surface area (Å²) in [4.78, 5) is 0. The van der Waals surface area contributed by atoms with Gasteiger partial charge in [-0.15, -0.1) is 0 Å². The lowest BCUT2D eigenvalue weighted by Gasteiger charge is -2.32. The van der Waals surface area contributed by atoms with Gasteiger partial charge in [0, 0.05) is 26.1 Å². The molecule has 1 aromatic carbocycles. The molecule has 0 unspecified atom stereocenters. The first-order chi connectivity index (χ1) is 6.71. The van der Waals surface area contributed by atoms with E-state index in [9.17, 15) is 5.11 Å². The number of benzene rings is 1. The Balaban J connectivity index is 2.23. The molecule has 1 aromatic rings. The van der Waals surface area contributed by atoms with E-state index in [1.54, 1.807) is 0 Å². The zero-order chi connectivity index (χ0) is 10.0. The van der Waals surface area contributed by atoms with Gasteiger partial charge in [0.1, 0.15) is 0 Å². The second-order valence-corrected chi connectivity index (χ2v) is 4.01. The summed E-state index contributed by atoms with van der Waals surface area (Å²) < 4.78 is 5.25. The first kappa shape index (κ1) is 9.69. The maximum Gasteiger partial charge on any atom is 0.0940 e. The van der Waals surface area contributed by atoms with E-state index in [1.165, 1.54) is 5.56 Å². The van der Waals surface area contributed by atoms with Crippen molar-refractivity contribution < 1.29 is 9.84 Å². The minimum absolute atomic E-state index is 0.657. The molecule has 1 aliphatic rings. The molecule has 0 aliphatic carbocycles. The Morgan fingerprint density at radius 2 is 1.71 bits per heavy atom. The molecule has 1 aliphatic heterocycles. The van der Waals surface area contributed by atoms with E-state index in [-0.39, 0.29) is 0 Å². The van der Waals surface area contributed by atoms with Crippen molar-refractivity contribution >= 4 is 0 Å². The topological polar surface area (TPSA) is 29.5 Å². The Morgan fingerprint density at radius 3 is 2.29 bits per heavy atom. The predicted molar refractivity (Wildman–Crippen MR) is 55.1 cm³/mol. The van der Waals surface area contributed by atoms with Crippen molar-refractivity contribution in [2.45, 2.75) is 25.4 Å². The summed E-state index contributed by atoms with van der Waals surface area (Å²) in [7, 11) is 0. The zero-order valence-corrected chi connectivity index (χ0v) is 8.49. The van der Waals surface area contributed by atoms with Crippen LogP contribution in [0.1, 0.15) is 24.0 Å². The van der Waals surface area contributed by atoms with Crippen LogP contribution >= 0.6 is 0 Å². The third-order valence-electron chi connectivity index (χ3n) is 2.91. The van der Waals surface area contributed by atoms with Gasteiger partial charge in [0.2, 0.25) is 0 Å². The molecule has 1 saturated heterocycles. The summed E-state index contributed by atoms with van der Waals surface area (Å²) in [6.07, 6.45) is 1.41. The van der Waals surface area contributed by atoms with E-state index in [0.717, 1.165) is 5.56 Å². The summed E-state index contributed by atoms with van der Waals surface area (Å²) in [5, 5.41) is 10.4. The summed E-state index contributed by atoms with van der Waals surface area (Å²) >= 11 is 0. The number of hydrogen-bond acceptors (Lipinski definition) is 2. The normalized spacial score (nSPS) is 20.7. The lowest BCUT2D eigenvalue weighted by atomic mass is 9.86. The van der Waals surface area contributed by atoms with Crippen LogP contribution in [-0.4, -0.2) is 18.3 Å². The first-order valence-corrected chi connectivity index (χ1v) is 5.08. The second kappa shape index (κ2) is 3.71. The molecule has 1 fully saturated rings. The molecule has 0 bridgehead atoms. The fraction of sp³-hybridized carbons (Fsp3) is 0.500. The average Bonchev–Trinajstić information content (AvgIpc) is 2.19. The van der Waals surface area contributed by atoms with Crippen LogP contribution in [0.3, 0.4) is 0 Å². The Labute approximate surface area is 84.5 Å². The third-order valence-corrected chi connectivity index (χ3v) is 2.91. The molecule has 0 atom stereocenters. The van der Waals surface area contributed by atoms with E-state index >= 15 is 0 Å². The Kier molecular flexibility index (Phi) is 2.57. The van der Waals surface area contributed by atoms with Gasteiger partial charge in [-0.05, 0) is 12.5 Å². The monoisotopic (exact) mass is 192 g/mol. The van der Waals surface area contributed by atoms with Crippen LogP contribution in [0.4, 0.5) is 0 Å². The molecule has 2 heteroatoms. The Hall–Kier alpha value is -0.860. The molecule has 76 valence electrons. The van der Waals surface area contributed by atoms with Crippen LogP contribution in [0.15, 0.2) is 24.3 Å². The average molecular weight is 192 g/mol. The molecular weight excluding hydrogens is 176 g/mol. The summed E-state index contributed by atoms with van der Waals surface area (Å²) in [6, 6.07) is 8.12. The highest BCUT2D eigenvalue weighted by Crippen LogP contribution is 2.31. The van der Waals surface area contributed by atoms with Crippen LogP contribution in [0.2, 0.25) is 0 Å². The smallest absolute Gasteiger partial charge is 0.0940 e. The molecule has 0 radical (unpaired) electrons. The maximum absolute atomic E-state index is 10.4. The van der Waals surface area contributed by atoms with Crippen LogP contribution in [0.25, 0.3) is 0 Å². The second-order valence-electron chi connectivity index (χ2n) is 4.01. The van der Waals surface area contributed by atoms with Crippen LogP contribution in [0, 0.1) is 6.92 Å². The molecule has 2 nitrogen and oxygen atoms in total.